The number of nitrogens with zero attached hydrogens (tertiary/aromatic N) is 3. The van der Waals surface area contributed by atoms with Crippen LogP contribution in [-0.2, 0) is 11.2 Å². The van der Waals surface area contributed by atoms with Crippen LogP contribution in [0.15, 0.2) is 24.3 Å². The van der Waals surface area contributed by atoms with E-state index in [2.05, 4.69) is 20.1 Å². The van der Waals surface area contributed by atoms with Gasteiger partial charge < -0.3 is 14.7 Å². The zero-order chi connectivity index (χ0) is 13.1. The van der Waals surface area contributed by atoms with Crippen LogP contribution in [0.5, 0.6) is 5.75 Å². The fourth-order valence-electron chi connectivity index (χ4n) is 2.11. The zero-order valence-corrected chi connectivity index (χ0v) is 10.5. The second-order valence-electron chi connectivity index (χ2n) is 4.49. The standard InChI is InChI=1S/C13H16N4O2/c18-11-4-2-1-3-10(11)9-12-14-13(16-15-12)17-5-7-19-8-6-17/h1-4,18H,5-9H2,(H,14,15,16). The Morgan fingerprint density at radius 2 is 2.05 bits per heavy atom. The van der Waals surface area contributed by atoms with Crippen molar-refractivity contribution in [3.8, 4) is 5.75 Å². The SMILES string of the molecule is Oc1ccccc1Cc1nc(N2CCOCC2)n[nH]1. The van der Waals surface area contributed by atoms with Crippen LogP contribution in [-0.4, -0.2) is 46.6 Å². The van der Waals surface area contributed by atoms with Crippen LogP contribution in [0.1, 0.15) is 11.4 Å². The topological polar surface area (TPSA) is 74.3 Å². The lowest BCUT2D eigenvalue weighted by Gasteiger charge is -2.25. The fourth-order valence-corrected chi connectivity index (χ4v) is 2.11. The molecule has 1 aromatic carbocycles. The first-order chi connectivity index (χ1) is 9.33. The third kappa shape index (κ3) is 2.68. The van der Waals surface area contributed by atoms with Gasteiger partial charge in [-0.15, -0.1) is 5.10 Å². The quantitative estimate of drug-likeness (QED) is 0.859. The van der Waals surface area contributed by atoms with Crippen molar-refractivity contribution in [1.29, 1.82) is 0 Å². The Balaban J connectivity index is 1.73. The second-order valence-corrected chi connectivity index (χ2v) is 4.49. The molecule has 0 saturated carbocycles. The van der Waals surface area contributed by atoms with Gasteiger partial charge in [0.2, 0.25) is 5.95 Å². The van der Waals surface area contributed by atoms with Gasteiger partial charge in [0.05, 0.1) is 13.2 Å². The second kappa shape index (κ2) is 5.27. The molecular weight excluding hydrogens is 244 g/mol. The number of anilines is 1. The van der Waals surface area contributed by atoms with Gasteiger partial charge >= 0.3 is 0 Å². The molecule has 1 aromatic heterocycles. The summed E-state index contributed by atoms with van der Waals surface area (Å²) in [6, 6.07) is 7.26. The third-order valence-corrected chi connectivity index (χ3v) is 3.16. The van der Waals surface area contributed by atoms with E-state index < -0.39 is 0 Å². The molecule has 0 amide bonds. The molecule has 0 aliphatic carbocycles. The maximum absolute atomic E-state index is 9.74. The van der Waals surface area contributed by atoms with Crippen LogP contribution in [0.2, 0.25) is 0 Å². The highest BCUT2D eigenvalue weighted by atomic mass is 16.5. The number of hydrogen-bond acceptors (Lipinski definition) is 5. The Bertz CT molecular complexity index is 549. The lowest BCUT2D eigenvalue weighted by Crippen LogP contribution is -2.36. The Morgan fingerprint density at radius 1 is 1.26 bits per heavy atom. The van der Waals surface area contributed by atoms with Gasteiger partial charge in [-0.1, -0.05) is 18.2 Å². The molecule has 19 heavy (non-hydrogen) atoms. The number of aromatic hydroxyl groups is 1. The van der Waals surface area contributed by atoms with Crippen LogP contribution in [0, 0.1) is 0 Å². The number of para-hydroxylation sites is 1. The van der Waals surface area contributed by atoms with Crippen molar-refractivity contribution >= 4 is 5.95 Å². The van der Waals surface area contributed by atoms with E-state index in [0.717, 1.165) is 24.5 Å². The highest BCUT2D eigenvalue weighted by Gasteiger charge is 2.16. The average molecular weight is 260 g/mol. The summed E-state index contributed by atoms with van der Waals surface area (Å²) in [7, 11) is 0. The highest BCUT2D eigenvalue weighted by molar-refractivity contribution is 5.35. The number of aromatic amines is 1. The minimum absolute atomic E-state index is 0.284. The molecule has 0 atom stereocenters. The van der Waals surface area contributed by atoms with Gasteiger partial charge in [-0.25, -0.2) is 0 Å². The molecule has 100 valence electrons. The van der Waals surface area contributed by atoms with Gasteiger partial charge in [-0.3, -0.25) is 5.10 Å². The highest BCUT2D eigenvalue weighted by Crippen LogP contribution is 2.19. The normalized spacial score (nSPS) is 15.7. The molecule has 1 aliphatic heterocycles. The van der Waals surface area contributed by atoms with Crippen molar-refractivity contribution in [1.82, 2.24) is 15.2 Å². The number of phenols is 1. The molecule has 0 spiro atoms. The van der Waals surface area contributed by atoms with Gasteiger partial charge in [-0.2, -0.15) is 4.98 Å². The van der Waals surface area contributed by atoms with Crippen LogP contribution in [0.3, 0.4) is 0 Å². The summed E-state index contributed by atoms with van der Waals surface area (Å²) in [4.78, 5) is 6.55. The molecule has 2 heterocycles. The first-order valence-corrected chi connectivity index (χ1v) is 6.34. The monoisotopic (exact) mass is 260 g/mol. The van der Waals surface area contributed by atoms with E-state index in [4.69, 9.17) is 4.74 Å². The average Bonchev–Trinajstić information content (AvgIpc) is 2.91. The number of morpholine rings is 1. The summed E-state index contributed by atoms with van der Waals surface area (Å²) in [5.41, 5.74) is 0.840. The molecule has 1 saturated heterocycles. The number of rotatable bonds is 3. The Hall–Kier alpha value is -2.08. The maximum Gasteiger partial charge on any atom is 0.244 e. The number of H-pyrrole nitrogens is 1. The molecule has 1 fully saturated rings. The predicted molar refractivity (Wildman–Crippen MR) is 70.3 cm³/mol. The van der Waals surface area contributed by atoms with E-state index in [-0.39, 0.29) is 5.75 Å². The van der Waals surface area contributed by atoms with Crippen molar-refractivity contribution in [2.45, 2.75) is 6.42 Å². The minimum atomic E-state index is 0.284. The van der Waals surface area contributed by atoms with Crippen molar-refractivity contribution < 1.29 is 9.84 Å². The molecule has 1 aliphatic rings. The zero-order valence-electron chi connectivity index (χ0n) is 10.5. The molecule has 2 aromatic rings. The van der Waals surface area contributed by atoms with Crippen molar-refractivity contribution in [3.63, 3.8) is 0 Å². The summed E-state index contributed by atoms with van der Waals surface area (Å²) in [5, 5.41) is 16.9. The van der Waals surface area contributed by atoms with E-state index in [9.17, 15) is 5.11 Å². The van der Waals surface area contributed by atoms with Crippen molar-refractivity contribution in [2.75, 3.05) is 31.2 Å². The van der Waals surface area contributed by atoms with Crippen LogP contribution >= 0.6 is 0 Å². The van der Waals surface area contributed by atoms with Gasteiger partial charge in [0.1, 0.15) is 11.6 Å². The summed E-state index contributed by atoms with van der Waals surface area (Å²) < 4.78 is 5.30. The van der Waals surface area contributed by atoms with E-state index in [0.29, 0.717) is 25.6 Å². The van der Waals surface area contributed by atoms with Gasteiger partial charge in [-0.05, 0) is 6.07 Å². The first-order valence-electron chi connectivity index (χ1n) is 6.34. The molecule has 0 unspecified atom stereocenters. The van der Waals surface area contributed by atoms with Crippen LogP contribution < -0.4 is 4.90 Å². The number of aromatic nitrogens is 3. The fraction of sp³-hybridized carbons (Fsp3) is 0.385. The minimum Gasteiger partial charge on any atom is -0.508 e. The van der Waals surface area contributed by atoms with Crippen LogP contribution in [0.25, 0.3) is 0 Å². The Labute approximate surface area is 111 Å². The molecule has 3 rings (SSSR count). The lowest BCUT2D eigenvalue weighted by atomic mass is 10.1. The van der Waals surface area contributed by atoms with E-state index in [1.165, 1.54) is 0 Å². The molecule has 6 nitrogen and oxygen atoms in total. The van der Waals surface area contributed by atoms with E-state index >= 15 is 0 Å². The van der Waals surface area contributed by atoms with Gasteiger partial charge in [0.15, 0.2) is 0 Å². The Kier molecular flexibility index (Phi) is 3.33. The number of phenolic OH excluding ortho intramolecular Hbond substituents is 1. The number of benzene rings is 1. The molecule has 0 radical (unpaired) electrons. The molecular formula is C13H16N4O2. The number of ether oxygens (including phenoxy) is 1. The van der Waals surface area contributed by atoms with E-state index in [1.54, 1.807) is 12.1 Å². The molecule has 0 bridgehead atoms. The molecule has 2 N–H and O–H groups in total. The van der Waals surface area contributed by atoms with Gasteiger partial charge in [0, 0.05) is 25.1 Å². The van der Waals surface area contributed by atoms with Crippen LogP contribution in [0.4, 0.5) is 5.95 Å². The smallest absolute Gasteiger partial charge is 0.244 e. The van der Waals surface area contributed by atoms with Crippen molar-refractivity contribution in [2.24, 2.45) is 0 Å². The number of hydrogen-bond donors (Lipinski definition) is 2. The summed E-state index contributed by atoms with van der Waals surface area (Å²) in [5.74, 6) is 1.74. The lowest BCUT2D eigenvalue weighted by molar-refractivity contribution is 0.122. The first kappa shape index (κ1) is 12.0. The summed E-state index contributed by atoms with van der Waals surface area (Å²) in [6.07, 6.45) is 0.546. The predicted octanol–water partition coefficient (Wildman–Crippen LogP) is 0.938. The number of nitrogens with one attached hydrogen (secondary N) is 1. The van der Waals surface area contributed by atoms with Crippen molar-refractivity contribution in [3.05, 3.63) is 35.7 Å². The maximum atomic E-state index is 9.74. The molecule has 6 heteroatoms. The van der Waals surface area contributed by atoms with E-state index in [1.807, 2.05) is 12.1 Å². The third-order valence-electron chi connectivity index (χ3n) is 3.16. The largest absolute Gasteiger partial charge is 0.508 e. The van der Waals surface area contributed by atoms with Gasteiger partial charge in [0.25, 0.3) is 0 Å². The Morgan fingerprint density at radius 3 is 2.84 bits per heavy atom. The summed E-state index contributed by atoms with van der Waals surface area (Å²) in [6.45, 7) is 3.05. The summed E-state index contributed by atoms with van der Waals surface area (Å²) >= 11 is 0.